The van der Waals surface area contributed by atoms with Gasteiger partial charge in [-0.2, -0.15) is 0 Å². The van der Waals surface area contributed by atoms with Crippen LogP contribution in [0, 0.1) is 6.92 Å². The summed E-state index contributed by atoms with van der Waals surface area (Å²) in [5, 5.41) is 1.06. The van der Waals surface area contributed by atoms with Crippen molar-refractivity contribution in [1.82, 2.24) is 9.97 Å². The molecule has 2 nitrogen and oxygen atoms in total. The first-order valence-corrected chi connectivity index (χ1v) is 3.95. The van der Waals surface area contributed by atoms with Crippen LogP contribution in [-0.2, 0) is 0 Å². The fourth-order valence-electron chi connectivity index (χ4n) is 0.344. The van der Waals surface area contributed by atoms with Gasteiger partial charge in [-0.1, -0.05) is 22.9 Å². The van der Waals surface area contributed by atoms with Crippen LogP contribution in [0.5, 0.6) is 0 Å². The maximum atomic E-state index is 3.86. The van der Waals surface area contributed by atoms with Gasteiger partial charge in [-0.3, -0.25) is 0 Å². The molecule has 0 saturated carbocycles. The van der Waals surface area contributed by atoms with Gasteiger partial charge in [-0.25, -0.2) is 4.98 Å². The minimum absolute atomic E-state index is 0.968. The molecule has 9 heavy (non-hydrogen) atoms. The summed E-state index contributed by atoms with van der Waals surface area (Å²) >= 11 is 3.15. The predicted octanol–water partition coefficient (Wildman–Crippen LogP) is 2.12. The van der Waals surface area contributed by atoms with Crippen molar-refractivity contribution in [3.8, 4) is 0 Å². The zero-order valence-electron chi connectivity index (χ0n) is 5.69. The van der Waals surface area contributed by atoms with E-state index in [-0.39, 0.29) is 0 Å². The van der Waals surface area contributed by atoms with Crippen LogP contribution in [0.2, 0.25) is 0 Å². The largest absolute Gasteiger partial charge is 0.349 e. The molecule has 1 N–H and O–H groups in total. The highest BCUT2D eigenvalue weighted by atomic mass is 79.9. The number of alkyl halides is 1. The first-order valence-electron chi connectivity index (χ1n) is 2.83. The number of hydrogen-bond donors (Lipinski definition) is 1. The van der Waals surface area contributed by atoms with Crippen molar-refractivity contribution in [3.63, 3.8) is 0 Å². The van der Waals surface area contributed by atoms with Crippen LogP contribution in [0.3, 0.4) is 0 Å². The Hall–Kier alpha value is -0.310. The zero-order valence-corrected chi connectivity index (χ0v) is 7.27. The summed E-state index contributed by atoms with van der Waals surface area (Å²) in [6.45, 7) is 3.96. The van der Waals surface area contributed by atoms with E-state index in [1.54, 1.807) is 12.4 Å². The predicted molar refractivity (Wildman–Crippen MR) is 42.8 cm³/mol. The van der Waals surface area contributed by atoms with E-state index in [9.17, 15) is 0 Å². The summed E-state index contributed by atoms with van der Waals surface area (Å²) < 4.78 is 0. The van der Waals surface area contributed by atoms with Gasteiger partial charge in [0.2, 0.25) is 0 Å². The van der Waals surface area contributed by atoms with E-state index in [1.165, 1.54) is 0 Å². The van der Waals surface area contributed by atoms with E-state index in [1.807, 2.05) is 13.8 Å². The summed E-state index contributed by atoms with van der Waals surface area (Å²) in [6, 6.07) is 0. The Morgan fingerprint density at radius 3 is 2.44 bits per heavy atom. The SMILES string of the molecule is CCBr.Cc1ncc[nH]1. The molecule has 52 valence electrons. The van der Waals surface area contributed by atoms with E-state index >= 15 is 0 Å². The Morgan fingerprint density at radius 2 is 2.33 bits per heavy atom. The summed E-state index contributed by atoms with van der Waals surface area (Å²) in [4.78, 5) is 6.75. The van der Waals surface area contributed by atoms with Gasteiger partial charge >= 0.3 is 0 Å². The second-order valence-electron chi connectivity index (χ2n) is 1.44. The van der Waals surface area contributed by atoms with Crippen molar-refractivity contribution >= 4 is 15.9 Å². The lowest BCUT2D eigenvalue weighted by Crippen LogP contribution is -1.66. The second-order valence-corrected chi connectivity index (χ2v) is 2.56. The molecule has 0 atom stereocenters. The normalized spacial score (nSPS) is 7.89. The van der Waals surface area contributed by atoms with Crippen molar-refractivity contribution in [2.75, 3.05) is 5.33 Å². The summed E-state index contributed by atoms with van der Waals surface area (Å²) in [7, 11) is 0. The van der Waals surface area contributed by atoms with Crippen LogP contribution >= 0.6 is 15.9 Å². The molecule has 0 radical (unpaired) electrons. The van der Waals surface area contributed by atoms with Crippen molar-refractivity contribution in [2.24, 2.45) is 0 Å². The third kappa shape index (κ3) is 5.56. The van der Waals surface area contributed by atoms with Crippen LogP contribution in [0.4, 0.5) is 0 Å². The molecule has 0 fully saturated rings. The number of nitrogens with zero attached hydrogens (tertiary/aromatic N) is 1. The maximum Gasteiger partial charge on any atom is 0.102 e. The van der Waals surface area contributed by atoms with E-state index < -0.39 is 0 Å². The van der Waals surface area contributed by atoms with E-state index in [2.05, 4.69) is 25.9 Å². The molecule has 1 aromatic rings. The van der Waals surface area contributed by atoms with Crippen LogP contribution in [0.25, 0.3) is 0 Å². The van der Waals surface area contributed by atoms with E-state index in [4.69, 9.17) is 0 Å². The number of imidazole rings is 1. The summed E-state index contributed by atoms with van der Waals surface area (Å²) in [5.74, 6) is 0.968. The smallest absolute Gasteiger partial charge is 0.102 e. The molecule has 0 aliphatic carbocycles. The average Bonchev–Trinajstić information content (AvgIpc) is 2.20. The lowest BCUT2D eigenvalue weighted by atomic mass is 10.8. The van der Waals surface area contributed by atoms with Gasteiger partial charge in [0.15, 0.2) is 0 Å². The molecule has 1 aromatic heterocycles. The Bertz CT molecular complexity index is 126. The number of H-pyrrole nitrogens is 1. The Morgan fingerprint density at radius 1 is 1.78 bits per heavy atom. The van der Waals surface area contributed by atoms with E-state index in [0.717, 1.165) is 11.2 Å². The molecule has 0 aliphatic rings. The first-order chi connectivity index (χ1) is 4.31. The molecular formula is C6H11BrN2. The van der Waals surface area contributed by atoms with Crippen LogP contribution in [-0.4, -0.2) is 15.3 Å². The van der Waals surface area contributed by atoms with Gasteiger partial charge in [0.1, 0.15) is 5.82 Å². The van der Waals surface area contributed by atoms with Crippen LogP contribution in [0.15, 0.2) is 12.4 Å². The van der Waals surface area contributed by atoms with Crippen molar-refractivity contribution in [1.29, 1.82) is 0 Å². The fourth-order valence-corrected chi connectivity index (χ4v) is 0.344. The number of nitrogens with one attached hydrogen (secondary N) is 1. The Kier molecular flexibility index (Phi) is 5.62. The number of halogens is 1. The minimum Gasteiger partial charge on any atom is -0.349 e. The third-order valence-electron chi connectivity index (χ3n) is 0.635. The van der Waals surface area contributed by atoms with Gasteiger partial charge in [-0.05, 0) is 6.92 Å². The minimum atomic E-state index is 0.968. The summed E-state index contributed by atoms with van der Waals surface area (Å²) in [5.41, 5.74) is 0. The molecule has 0 saturated heterocycles. The third-order valence-corrected chi connectivity index (χ3v) is 0.635. The highest BCUT2D eigenvalue weighted by Gasteiger charge is 1.73. The standard InChI is InChI=1S/C4H6N2.C2H5Br/c1-4-5-2-3-6-4;1-2-3/h2-3H,1H3,(H,5,6);2H2,1H3. The number of aromatic amines is 1. The molecule has 0 unspecified atom stereocenters. The molecule has 0 bridgehead atoms. The zero-order chi connectivity index (χ0) is 7.11. The van der Waals surface area contributed by atoms with Gasteiger partial charge in [0.25, 0.3) is 0 Å². The molecule has 0 amide bonds. The Balaban J connectivity index is 0.000000187. The van der Waals surface area contributed by atoms with Gasteiger partial charge in [0, 0.05) is 17.7 Å². The fraction of sp³-hybridized carbons (Fsp3) is 0.500. The lowest BCUT2D eigenvalue weighted by Gasteiger charge is -1.68. The first kappa shape index (κ1) is 8.69. The van der Waals surface area contributed by atoms with Crippen molar-refractivity contribution < 1.29 is 0 Å². The monoisotopic (exact) mass is 190 g/mol. The lowest BCUT2D eigenvalue weighted by molar-refractivity contribution is 1.15. The number of rotatable bonds is 0. The highest BCUT2D eigenvalue weighted by molar-refractivity contribution is 9.09. The van der Waals surface area contributed by atoms with Crippen LogP contribution in [0.1, 0.15) is 12.7 Å². The van der Waals surface area contributed by atoms with Crippen LogP contribution < -0.4 is 0 Å². The van der Waals surface area contributed by atoms with Crippen molar-refractivity contribution in [2.45, 2.75) is 13.8 Å². The number of hydrogen-bond acceptors (Lipinski definition) is 1. The molecule has 0 aliphatic heterocycles. The Labute approximate surface area is 63.8 Å². The number of aryl methyl sites for hydroxylation is 1. The topological polar surface area (TPSA) is 28.7 Å². The van der Waals surface area contributed by atoms with Gasteiger partial charge < -0.3 is 4.98 Å². The summed E-state index contributed by atoms with van der Waals surface area (Å²) in [6.07, 6.45) is 3.53. The second kappa shape index (κ2) is 5.82. The molecule has 0 aromatic carbocycles. The van der Waals surface area contributed by atoms with E-state index in [0.29, 0.717) is 0 Å². The molecule has 0 spiro atoms. The molecular weight excluding hydrogens is 180 g/mol. The number of aromatic nitrogens is 2. The molecule has 3 heteroatoms. The maximum absolute atomic E-state index is 3.86. The quantitative estimate of drug-likeness (QED) is 0.625. The van der Waals surface area contributed by atoms with Gasteiger partial charge in [0.05, 0.1) is 0 Å². The molecule has 1 heterocycles. The van der Waals surface area contributed by atoms with Crippen molar-refractivity contribution in [3.05, 3.63) is 18.2 Å². The average molecular weight is 191 g/mol. The molecule has 1 rings (SSSR count). The highest BCUT2D eigenvalue weighted by Crippen LogP contribution is 1.78. The van der Waals surface area contributed by atoms with Gasteiger partial charge in [-0.15, -0.1) is 0 Å².